The van der Waals surface area contributed by atoms with Crippen molar-refractivity contribution in [2.24, 2.45) is 0 Å². The average molecular weight is 310 g/mol. The van der Waals surface area contributed by atoms with E-state index in [0.717, 1.165) is 5.56 Å². The van der Waals surface area contributed by atoms with Crippen molar-refractivity contribution in [1.29, 1.82) is 0 Å². The zero-order valence-corrected chi connectivity index (χ0v) is 12.8. The normalized spacial score (nSPS) is 12.2. The van der Waals surface area contributed by atoms with Gasteiger partial charge in [-0.2, -0.15) is 4.98 Å². The van der Waals surface area contributed by atoms with Gasteiger partial charge >= 0.3 is 0 Å². The van der Waals surface area contributed by atoms with Crippen molar-refractivity contribution in [2.45, 2.75) is 6.10 Å². The van der Waals surface area contributed by atoms with Crippen molar-refractivity contribution in [3.8, 4) is 5.75 Å². The maximum atomic E-state index is 6.15. The van der Waals surface area contributed by atoms with Crippen molar-refractivity contribution >= 4 is 22.7 Å². The molecule has 23 heavy (non-hydrogen) atoms. The van der Waals surface area contributed by atoms with Gasteiger partial charge in [-0.05, 0) is 17.7 Å². The largest absolute Gasteiger partial charge is 0.482 e. The predicted octanol–water partition coefficient (Wildman–Crippen LogP) is 2.56. The van der Waals surface area contributed by atoms with Gasteiger partial charge < -0.3 is 20.9 Å². The fraction of sp³-hybridized carbons (Fsp3) is 0.176. The predicted molar refractivity (Wildman–Crippen MR) is 90.0 cm³/mol. The van der Waals surface area contributed by atoms with E-state index >= 15 is 0 Å². The Bertz CT molecular complexity index is 808. The van der Waals surface area contributed by atoms with Crippen LogP contribution in [0.2, 0.25) is 0 Å². The van der Waals surface area contributed by atoms with Gasteiger partial charge in [0.05, 0.1) is 17.5 Å². The highest BCUT2D eigenvalue weighted by molar-refractivity contribution is 5.94. The lowest BCUT2D eigenvalue weighted by Crippen LogP contribution is -2.14. The molecule has 3 aromatic rings. The molecule has 1 heterocycles. The molecule has 0 aliphatic carbocycles. The number of nitrogen functional groups attached to an aromatic ring is 2. The lowest BCUT2D eigenvalue weighted by Gasteiger charge is -2.20. The highest BCUT2D eigenvalue weighted by atomic mass is 16.5. The Kier molecular flexibility index (Phi) is 4.25. The Labute approximate surface area is 134 Å². The van der Waals surface area contributed by atoms with E-state index in [1.807, 2.05) is 48.5 Å². The molecule has 0 radical (unpaired) electrons. The number of nitrogens with zero attached hydrogens (tertiary/aromatic N) is 2. The van der Waals surface area contributed by atoms with Crippen LogP contribution in [0, 0.1) is 0 Å². The Hall–Kier alpha value is -2.86. The number of benzene rings is 2. The van der Waals surface area contributed by atoms with Gasteiger partial charge in [-0.25, -0.2) is 4.98 Å². The smallest absolute Gasteiger partial charge is 0.222 e. The van der Waals surface area contributed by atoms with E-state index in [4.69, 9.17) is 20.9 Å². The van der Waals surface area contributed by atoms with Gasteiger partial charge in [-0.3, -0.25) is 0 Å². The van der Waals surface area contributed by atoms with E-state index in [1.54, 1.807) is 7.11 Å². The highest BCUT2D eigenvalue weighted by Gasteiger charge is 2.16. The standard InChI is InChI=1S/C17H18N4O2/c1-22-10-14(11-6-3-2-4-7-11)23-13-9-5-8-12-15(13)16(18)21-17(19)20-12/h2-9,14H,10H2,1H3,(H4,18,19,20,21). The first kappa shape index (κ1) is 15.1. The minimum absolute atomic E-state index is 0.142. The molecule has 0 aliphatic heterocycles. The number of nitrogens with two attached hydrogens (primary N) is 2. The summed E-state index contributed by atoms with van der Waals surface area (Å²) in [6, 6.07) is 15.4. The van der Waals surface area contributed by atoms with Gasteiger partial charge in [0, 0.05) is 7.11 Å². The van der Waals surface area contributed by atoms with Gasteiger partial charge in [0.2, 0.25) is 5.95 Å². The molecule has 0 saturated heterocycles. The Morgan fingerprint density at radius 3 is 2.52 bits per heavy atom. The number of hydrogen-bond acceptors (Lipinski definition) is 6. The maximum absolute atomic E-state index is 6.15. The van der Waals surface area contributed by atoms with Crippen molar-refractivity contribution in [1.82, 2.24) is 9.97 Å². The van der Waals surface area contributed by atoms with Gasteiger partial charge in [0.1, 0.15) is 17.7 Å². The molecule has 0 bridgehead atoms. The average Bonchev–Trinajstić information content (AvgIpc) is 2.55. The van der Waals surface area contributed by atoms with Gasteiger partial charge in [-0.15, -0.1) is 0 Å². The molecule has 1 aromatic heterocycles. The summed E-state index contributed by atoms with van der Waals surface area (Å²) in [5.74, 6) is 1.04. The number of anilines is 2. The summed E-state index contributed by atoms with van der Waals surface area (Å²) in [7, 11) is 1.64. The Balaban J connectivity index is 2.02. The molecule has 0 saturated carbocycles. The molecule has 2 aromatic carbocycles. The molecule has 4 N–H and O–H groups in total. The topological polar surface area (TPSA) is 96.3 Å². The molecule has 3 rings (SSSR count). The number of rotatable bonds is 5. The quantitative estimate of drug-likeness (QED) is 0.752. The second-order valence-corrected chi connectivity index (χ2v) is 5.09. The summed E-state index contributed by atoms with van der Waals surface area (Å²) >= 11 is 0. The van der Waals surface area contributed by atoms with Crippen molar-refractivity contribution in [3.63, 3.8) is 0 Å². The Morgan fingerprint density at radius 1 is 1.00 bits per heavy atom. The monoisotopic (exact) mass is 310 g/mol. The van der Waals surface area contributed by atoms with E-state index < -0.39 is 0 Å². The molecular weight excluding hydrogens is 292 g/mol. The second-order valence-electron chi connectivity index (χ2n) is 5.09. The fourth-order valence-corrected chi connectivity index (χ4v) is 2.47. The van der Waals surface area contributed by atoms with Crippen LogP contribution in [0.5, 0.6) is 5.75 Å². The summed E-state index contributed by atoms with van der Waals surface area (Å²) in [5, 5.41) is 0.652. The van der Waals surface area contributed by atoms with Crippen LogP contribution in [-0.4, -0.2) is 23.7 Å². The number of fused-ring (bicyclic) bond motifs is 1. The van der Waals surface area contributed by atoms with E-state index in [2.05, 4.69) is 9.97 Å². The van der Waals surface area contributed by atoms with Crippen LogP contribution in [0.15, 0.2) is 48.5 Å². The molecule has 6 heteroatoms. The fourth-order valence-electron chi connectivity index (χ4n) is 2.47. The number of aromatic nitrogens is 2. The molecule has 118 valence electrons. The molecular formula is C17H18N4O2. The van der Waals surface area contributed by atoms with Gasteiger partial charge in [0.15, 0.2) is 0 Å². The van der Waals surface area contributed by atoms with Crippen LogP contribution >= 0.6 is 0 Å². The lowest BCUT2D eigenvalue weighted by atomic mass is 10.1. The molecule has 0 amide bonds. The van der Waals surface area contributed by atoms with Gasteiger partial charge in [-0.1, -0.05) is 36.4 Å². The minimum atomic E-state index is -0.260. The number of hydrogen-bond donors (Lipinski definition) is 2. The van der Waals surface area contributed by atoms with Crippen LogP contribution < -0.4 is 16.2 Å². The summed E-state index contributed by atoms with van der Waals surface area (Å²) in [6.45, 7) is 0.413. The third-order valence-corrected chi connectivity index (χ3v) is 3.49. The van der Waals surface area contributed by atoms with Crippen molar-refractivity contribution < 1.29 is 9.47 Å². The first-order valence-electron chi connectivity index (χ1n) is 7.21. The van der Waals surface area contributed by atoms with E-state index in [1.165, 1.54) is 0 Å². The van der Waals surface area contributed by atoms with Crippen LogP contribution in [-0.2, 0) is 4.74 Å². The van der Waals surface area contributed by atoms with Crippen LogP contribution in [0.4, 0.5) is 11.8 Å². The van der Waals surface area contributed by atoms with Crippen molar-refractivity contribution in [2.75, 3.05) is 25.2 Å². The number of methoxy groups -OCH3 is 1. The summed E-state index contributed by atoms with van der Waals surface area (Å²) in [5.41, 5.74) is 13.3. The molecule has 0 aliphatic rings. The van der Waals surface area contributed by atoms with Crippen molar-refractivity contribution in [3.05, 3.63) is 54.1 Å². The minimum Gasteiger partial charge on any atom is -0.482 e. The first-order chi connectivity index (χ1) is 11.2. The number of ether oxygens (including phenoxy) is 2. The van der Waals surface area contributed by atoms with E-state index in [-0.39, 0.29) is 12.1 Å². The van der Waals surface area contributed by atoms with E-state index in [0.29, 0.717) is 29.1 Å². The third kappa shape index (κ3) is 3.17. The summed E-state index contributed by atoms with van der Waals surface area (Å²) in [6.07, 6.45) is -0.260. The van der Waals surface area contributed by atoms with Crippen LogP contribution in [0.3, 0.4) is 0 Å². The second kappa shape index (κ2) is 6.50. The molecule has 1 atom stereocenters. The van der Waals surface area contributed by atoms with Crippen LogP contribution in [0.25, 0.3) is 10.9 Å². The third-order valence-electron chi connectivity index (χ3n) is 3.49. The molecule has 0 spiro atoms. The molecule has 0 fully saturated rings. The summed E-state index contributed by atoms with van der Waals surface area (Å²) in [4.78, 5) is 8.22. The van der Waals surface area contributed by atoms with E-state index in [9.17, 15) is 0 Å². The van der Waals surface area contributed by atoms with Gasteiger partial charge in [0.25, 0.3) is 0 Å². The lowest BCUT2D eigenvalue weighted by molar-refractivity contribution is 0.0820. The molecule has 6 nitrogen and oxygen atoms in total. The maximum Gasteiger partial charge on any atom is 0.222 e. The Morgan fingerprint density at radius 2 is 1.78 bits per heavy atom. The molecule has 1 unspecified atom stereocenters. The SMILES string of the molecule is COCC(Oc1cccc2nc(N)nc(N)c12)c1ccccc1. The summed E-state index contributed by atoms with van der Waals surface area (Å²) < 4.78 is 11.4. The van der Waals surface area contributed by atoms with Crippen LogP contribution in [0.1, 0.15) is 11.7 Å². The zero-order chi connectivity index (χ0) is 16.2. The zero-order valence-electron chi connectivity index (χ0n) is 12.8. The first-order valence-corrected chi connectivity index (χ1v) is 7.21. The highest BCUT2D eigenvalue weighted by Crippen LogP contribution is 2.32.